The van der Waals surface area contributed by atoms with Gasteiger partial charge in [0.05, 0.1) is 17.3 Å². The van der Waals surface area contributed by atoms with Gasteiger partial charge in [0.2, 0.25) is 0 Å². The van der Waals surface area contributed by atoms with Crippen LogP contribution in [-0.2, 0) is 6.42 Å². The first-order chi connectivity index (χ1) is 14.5. The molecule has 0 unspecified atom stereocenters. The van der Waals surface area contributed by atoms with E-state index in [4.69, 9.17) is 5.26 Å². The second-order valence-corrected chi connectivity index (χ2v) is 7.41. The van der Waals surface area contributed by atoms with Gasteiger partial charge in [-0.25, -0.2) is 14.1 Å². The zero-order valence-electron chi connectivity index (χ0n) is 16.4. The van der Waals surface area contributed by atoms with E-state index in [1.165, 1.54) is 35.9 Å². The van der Waals surface area contributed by atoms with Crippen LogP contribution in [0.25, 0.3) is 11.3 Å². The van der Waals surface area contributed by atoms with Gasteiger partial charge in [-0.2, -0.15) is 5.26 Å². The Bertz CT molecular complexity index is 1220. The number of aromatic nitrogens is 2. The van der Waals surface area contributed by atoms with E-state index < -0.39 is 11.4 Å². The van der Waals surface area contributed by atoms with Crippen molar-refractivity contribution < 1.29 is 9.18 Å². The van der Waals surface area contributed by atoms with Crippen LogP contribution in [-0.4, -0.2) is 15.4 Å². The number of halogens is 1. The topological polar surface area (TPSA) is 87.8 Å². The Morgan fingerprint density at radius 1 is 1.27 bits per heavy atom. The van der Waals surface area contributed by atoms with Crippen molar-refractivity contribution in [1.82, 2.24) is 9.66 Å². The predicted octanol–water partition coefficient (Wildman–Crippen LogP) is 3.95. The largest absolute Gasteiger partial charge is 0.293 e. The number of Topliss-reactive ketones (excluding diaryl/α,β-unsaturated/α-hetero) is 1. The maximum Gasteiger partial charge on any atom is 0.291 e. The van der Waals surface area contributed by atoms with Crippen LogP contribution in [0, 0.1) is 23.1 Å². The van der Waals surface area contributed by atoms with Gasteiger partial charge in [0, 0.05) is 12.5 Å². The molecule has 0 aliphatic heterocycles. The van der Waals surface area contributed by atoms with Crippen molar-refractivity contribution in [3.05, 3.63) is 81.7 Å². The van der Waals surface area contributed by atoms with E-state index in [0.29, 0.717) is 40.5 Å². The first-order valence-electron chi connectivity index (χ1n) is 9.66. The number of rotatable bonds is 6. The first kappa shape index (κ1) is 19.5. The molecule has 0 saturated heterocycles. The monoisotopic (exact) mass is 402 g/mol. The highest BCUT2D eigenvalue weighted by atomic mass is 19.1. The Labute approximate surface area is 172 Å². The fraction of sp³-hybridized carbons (Fsp3) is 0.217. The van der Waals surface area contributed by atoms with Crippen molar-refractivity contribution in [2.24, 2.45) is 5.92 Å². The van der Waals surface area contributed by atoms with Crippen LogP contribution >= 0.6 is 0 Å². The molecule has 150 valence electrons. The summed E-state index contributed by atoms with van der Waals surface area (Å²) >= 11 is 0. The van der Waals surface area contributed by atoms with Crippen LogP contribution in [0.5, 0.6) is 0 Å². The number of carbonyl (C=O) groups excluding carboxylic acids is 1. The van der Waals surface area contributed by atoms with Crippen LogP contribution in [0.4, 0.5) is 10.1 Å². The molecule has 1 saturated carbocycles. The highest BCUT2D eigenvalue weighted by Crippen LogP contribution is 2.32. The summed E-state index contributed by atoms with van der Waals surface area (Å²) in [6, 6.07) is 14.3. The summed E-state index contributed by atoms with van der Waals surface area (Å²) in [5.74, 6) is -0.355. The lowest BCUT2D eigenvalue weighted by atomic mass is 10.1. The Morgan fingerprint density at radius 3 is 2.63 bits per heavy atom. The van der Waals surface area contributed by atoms with E-state index >= 15 is 0 Å². The van der Waals surface area contributed by atoms with Gasteiger partial charge >= 0.3 is 0 Å². The second-order valence-electron chi connectivity index (χ2n) is 7.41. The molecule has 0 atom stereocenters. The summed E-state index contributed by atoms with van der Waals surface area (Å²) in [4.78, 5) is 30.3. The maximum atomic E-state index is 13.4. The lowest BCUT2D eigenvalue weighted by Crippen LogP contribution is -2.35. The third-order valence-corrected chi connectivity index (χ3v) is 5.01. The van der Waals surface area contributed by atoms with Crippen LogP contribution in [0.1, 0.15) is 41.5 Å². The summed E-state index contributed by atoms with van der Waals surface area (Å²) < 4.78 is 14.6. The predicted molar refractivity (Wildman–Crippen MR) is 111 cm³/mol. The van der Waals surface area contributed by atoms with Crippen LogP contribution in [0.3, 0.4) is 0 Å². The molecule has 30 heavy (non-hydrogen) atoms. The number of nitriles is 1. The number of benzene rings is 2. The average molecular weight is 402 g/mol. The van der Waals surface area contributed by atoms with E-state index in [-0.39, 0.29) is 11.5 Å². The minimum absolute atomic E-state index is 0.0773. The SMILES string of the molecule is CC(=O)c1c(-c2ccc(F)cc2)nc(CC2CC2)c(=O)n1Nc1cccc(C#N)c1. The van der Waals surface area contributed by atoms with E-state index in [1.807, 2.05) is 0 Å². The average Bonchev–Trinajstić information content (AvgIpc) is 3.55. The quantitative estimate of drug-likeness (QED) is 0.631. The number of nitrogens with zero attached hydrogens (tertiary/aromatic N) is 3. The summed E-state index contributed by atoms with van der Waals surface area (Å²) in [5.41, 5.74) is 4.77. The zero-order valence-corrected chi connectivity index (χ0v) is 16.4. The molecule has 1 fully saturated rings. The summed E-state index contributed by atoms with van der Waals surface area (Å²) in [6.07, 6.45) is 2.60. The van der Waals surface area contributed by atoms with Gasteiger partial charge in [-0.15, -0.1) is 0 Å². The molecule has 1 heterocycles. The number of nitrogens with one attached hydrogen (secondary N) is 1. The molecule has 0 amide bonds. The van der Waals surface area contributed by atoms with Crippen LogP contribution in [0.2, 0.25) is 0 Å². The van der Waals surface area contributed by atoms with Gasteiger partial charge < -0.3 is 0 Å². The van der Waals surface area contributed by atoms with Crippen LogP contribution in [0.15, 0.2) is 53.3 Å². The van der Waals surface area contributed by atoms with Crippen molar-refractivity contribution >= 4 is 11.5 Å². The van der Waals surface area contributed by atoms with Crippen molar-refractivity contribution in [3.8, 4) is 17.3 Å². The fourth-order valence-corrected chi connectivity index (χ4v) is 3.33. The smallest absolute Gasteiger partial charge is 0.291 e. The van der Waals surface area contributed by atoms with Gasteiger partial charge in [-0.1, -0.05) is 6.07 Å². The fourth-order valence-electron chi connectivity index (χ4n) is 3.33. The number of ketones is 1. The number of carbonyl (C=O) groups is 1. The third-order valence-electron chi connectivity index (χ3n) is 5.01. The van der Waals surface area contributed by atoms with Crippen molar-refractivity contribution in [3.63, 3.8) is 0 Å². The minimum atomic E-state index is -0.402. The summed E-state index contributed by atoms with van der Waals surface area (Å²) in [5, 5.41) is 9.15. The Hall–Kier alpha value is -3.79. The van der Waals surface area contributed by atoms with Gasteiger partial charge in [0.25, 0.3) is 5.56 Å². The summed E-state index contributed by atoms with van der Waals surface area (Å²) in [7, 11) is 0. The standard InChI is InChI=1S/C23H19FN4O2/c1-14(29)22-21(17-7-9-18(24)10-8-17)26-20(12-15-5-6-15)23(30)28(22)27-19-4-2-3-16(11-19)13-25/h2-4,7-11,15,27H,5-6,12H2,1H3. The Morgan fingerprint density at radius 2 is 2.00 bits per heavy atom. The van der Waals surface area contributed by atoms with E-state index in [1.54, 1.807) is 24.3 Å². The highest BCUT2D eigenvalue weighted by Gasteiger charge is 2.27. The normalized spacial score (nSPS) is 13.0. The van der Waals surface area contributed by atoms with Gasteiger partial charge in [-0.3, -0.25) is 15.0 Å². The molecule has 0 bridgehead atoms. The molecule has 1 aromatic heterocycles. The molecule has 1 N–H and O–H groups in total. The van der Waals surface area contributed by atoms with E-state index in [9.17, 15) is 14.0 Å². The molecule has 3 aromatic rings. The van der Waals surface area contributed by atoms with Crippen LogP contribution < -0.4 is 11.0 Å². The molecule has 0 spiro atoms. The van der Waals surface area contributed by atoms with Crippen molar-refractivity contribution in [2.45, 2.75) is 26.2 Å². The number of hydrogen-bond acceptors (Lipinski definition) is 5. The summed E-state index contributed by atoms with van der Waals surface area (Å²) in [6.45, 7) is 1.36. The molecular formula is C23H19FN4O2. The van der Waals surface area contributed by atoms with Gasteiger partial charge in [0.15, 0.2) is 5.78 Å². The second kappa shape index (κ2) is 7.91. The number of anilines is 1. The van der Waals surface area contributed by atoms with Crippen molar-refractivity contribution in [1.29, 1.82) is 5.26 Å². The third kappa shape index (κ3) is 3.98. The van der Waals surface area contributed by atoms with Gasteiger partial charge in [0.1, 0.15) is 22.9 Å². The highest BCUT2D eigenvalue weighted by molar-refractivity contribution is 5.98. The zero-order chi connectivity index (χ0) is 21.3. The molecule has 1 aliphatic carbocycles. The first-order valence-corrected chi connectivity index (χ1v) is 9.66. The molecule has 2 aromatic carbocycles. The van der Waals surface area contributed by atoms with Gasteiger partial charge in [-0.05, 0) is 67.6 Å². The van der Waals surface area contributed by atoms with E-state index in [0.717, 1.165) is 12.8 Å². The Kier molecular flexibility index (Phi) is 5.15. The maximum absolute atomic E-state index is 13.4. The molecule has 6 nitrogen and oxygen atoms in total. The number of hydrogen-bond donors (Lipinski definition) is 1. The Balaban J connectivity index is 1.92. The molecule has 4 rings (SSSR count). The van der Waals surface area contributed by atoms with Crippen molar-refractivity contribution in [2.75, 3.05) is 5.43 Å². The lowest BCUT2D eigenvalue weighted by Gasteiger charge is -2.18. The molecule has 7 heteroatoms. The molecule has 1 aliphatic rings. The molecular weight excluding hydrogens is 383 g/mol. The minimum Gasteiger partial charge on any atom is -0.293 e. The van der Waals surface area contributed by atoms with E-state index in [2.05, 4.69) is 16.5 Å². The lowest BCUT2D eigenvalue weighted by molar-refractivity contribution is 0.100. The molecule has 0 radical (unpaired) electrons.